The molecule has 2 atom stereocenters. The molecule has 6 rings (SSSR count). The van der Waals surface area contributed by atoms with Gasteiger partial charge in [-0.3, -0.25) is 4.90 Å². The lowest BCUT2D eigenvalue weighted by atomic mass is 10.1. The number of benzene rings is 3. The predicted octanol–water partition coefficient (Wildman–Crippen LogP) is 5.18. The van der Waals surface area contributed by atoms with Crippen molar-refractivity contribution in [2.24, 2.45) is 0 Å². The number of methoxy groups -OCH3 is 2. The van der Waals surface area contributed by atoms with Gasteiger partial charge < -0.3 is 19.7 Å². The molecule has 0 spiro atoms. The van der Waals surface area contributed by atoms with Crippen molar-refractivity contribution in [3.63, 3.8) is 0 Å². The summed E-state index contributed by atoms with van der Waals surface area (Å²) in [5.41, 5.74) is 2.03. The van der Waals surface area contributed by atoms with E-state index in [2.05, 4.69) is 39.4 Å². The Labute approximate surface area is 245 Å². The second kappa shape index (κ2) is 11.4. The molecule has 3 aromatic carbocycles. The number of halogens is 1. The first-order valence-corrected chi connectivity index (χ1v) is 15.9. The van der Waals surface area contributed by atoms with Gasteiger partial charge in [-0.05, 0) is 49.1 Å². The topological polar surface area (TPSA) is 96.9 Å². The lowest BCUT2D eigenvalue weighted by Gasteiger charge is -2.29. The van der Waals surface area contributed by atoms with Crippen LogP contribution in [-0.4, -0.2) is 68.9 Å². The van der Waals surface area contributed by atoms with Crippen LogP contribution in [0.15, 0.2) is 65.6 Å². The zero-order chi connectivity index (χ0) is 29.4. The number of aromatic nitrogens is 2. The van der Waals surface area contributed by atoms with Crippen LogP contribution in [0.25, 0.3) is 10.9 Å². The minimum Gasteiger partial charge on any atom is -0.493 e. The Balaban J connectivity index is 1.37. The summed E-state index contributed by atoms with van der Waals surface area (Å²) < 4.78 is 50.1. The standard InChI is InChI=1S/C31H34FN5O4S/c1-40-28-16-24-27(17-29(28)41-2)34-31(35-30(24)33-26-12-11-23(15-25(26)32)42(3,38)39)36-14-13-21-9-10-22(19-36)37(21)18-20-7-5-4-6-8-20/h4-8,11-12,15-17,21-22H,9-10,13-14,18-19H2,1-3H3,(H,33,34,35)/t21-,22+/m0/s1. The molecule has 0 saturated carbocycles. The Morgan fingerprint density at radius 2 is 1.69 bits per heavy atom. The molecule has 1 N–H and O–H groups in total. The van der Waals surface area contributed by atoms with Gasteiger partial charge in [0.05, 0.1) is 30.3 Å². The SMILES string of the molecule is COc1cc2nc(N3CC[C@@H]4CC[C@H](C3)N4Cc3ccccc3)nc(Nc3ccc(S(C)(=O)=O)cc3F)c2cc1OC. The van der Waals surface area contributed by atoms with Gasteiger partial charge in [0.2, 0.25) is 5.95 Å². The largest absolute Gasteiger partial charge is 0.493 e. The van der Waals surface area contributed by atoms with Crippen molar-refractivity contribution in [1.82, 2.24) is 14.9 Å². The van der Waals surface area contributed by atoms with Gasteiger partial charge in [0.15, 0.2) is 21.3 Å². The van der Waals surface area contributed by atoms with Gasteiger partial charge in [0.25, 0.3) is 0 Å². The van der Waals surface area contributed by atoms with Crippen LogP contribution in [0.1, 0.15) is 24.8 Å². The molecule has 0 unspecified atom stereocenters. The molecule has 2 aliphatic rings. The maximum Gasteiger partial charge on any atom is 0.227 e. The Morgan fingerprint density at radius 1 is 0.952 bits per heavy atom. The van der Waals surface area contributed by atoms with E-state index >= 15 is 4.39 Å². The Hall–Kier alpha value is -3.96. The second-order valence-electron chi connectivity index (χ2n) is 10.9. The zero-order valence-electron chi connectivity index (χ0n) is 23.9. The first-order valence-electron chi connectivity index (χ1n) is 14.0. The third-order valence-corrected chi connectivity index (χ3v) is 9.35. The molecule has 3 heterocycles. The highest BCUT2D eigenvalue weighted by Gasteiger charge is 2.38. The number of hydrogen-bond donors (Lipinski definition) is 1. The summed E-state index contributed by atoms with van der Waals surface area (Å²) in [4.78, 5) is 14.6. The van der Waals surface area contributed by atoms with Crippen LogP contribution in [0, 0.1) is 5.82 Å². The Morgan fingerprint density at radius 3 is 2.40 bits per heavy atom. The van der Waals surface area contributed by atoms with Crippen LogP contribution in [0.5, 0.6) is 11.5 Å². The van der Waals surface area contributed by atoms with Crippen molar-refractivity contribution in [2.45, 2.75) is 42.8 Å². The van der Waals surface area contributed by atoms with Gasteiger partial charge >= 0.3 is 0 Å². The van der Waals surface area contributed by atoms with E-state index in [0.29, 0.717) is 46.3 Å². The van der Waals surface area contributed by atoms with Crippen molar-refractivity contribution in [3.8, 4) is 11.5 Å². The molecular weight excluding hydrogens is 557 g/mol. The van der Waals surface area contributed by atoms with E-state index in [1.807, 2.05) is 6.07 Å². The summed E-state index contributed by atoms with van der Waals surface area (Å²) in [6.45, 7) is 2.48. The van der Waals surface area contributed by atoms with Gasteiger partial charge in [0.1, 0.15) is 11.6 Å². The summed E-state index contributed by atoms with van der Waals surface area (Å²) in [5, 5.41) is 3.71. The normalized spacial score (nSPS) is 19.1. The second-order valence-corrected chi connectivity index (χ2v) is 12.9. The third-order valence-electron chi connectivity index (χ3n) is 8.24. The molecule has 0 radical (unpaired) electrons. The molecule has 2 bridgehead atoms. The molecule has 2 saturated heterocycles. The van der Waals surface area contributed by atoms with Crippen molar-refractivity contribution in [2.75, 3.05) is 43.8 Å². The van der Waals surface area contributed by atoms with E-state index in [9.17, 15) is 8.42 Å². The van der Waals surface area contributed by atoms with E-state index in [0.717, 1.165) is 44.8 Å². The maximum atomic E-state index is 15.1. The molecule has 9 nitrogen and oxygen atoms in total. The van der Waals surface area contributed by atoms with E-state index in [1.165, 1.54) is 24.1 Å². The molecule has 1 aromatic heterocycles. The fraction of sp³-hybridized carbons (Fsp3) is 0.355. The number of rotatable bonds is 8. The minimum atomic E-state index is -3.55. The minimum absolute atomic E-state index is 0.0927. The summed E-state index contributed by atoms with van der Waals surface area (Å²) in [6.07, 6.45) is 4.32. The van der Waals surface area contributed by atoms with E-state index in [1.54, 1.807) is 26.4 Å². The van der Waals surface area contributed by atoms with Gasteiger partial charge in [0, 0.05) is 49.4 Å². The Kier molecular flexibility index (Phi) is 7.63. The van der Waals surface area contributed by atoms with Crippen molar-refractivity contribution in [3.05, 3.63) is 72.0 Å². The number of hydrogen-bond acceptors (Lipinski definition) is 9. The van der Waals surface area contributed by atoms with Gasteiger partial charge in [-0.1, -0.05) is 30.3 Å². The number of sulfone groups is 1. The summed E-state index contributed by atoms with van der Waals surface area (Å²) in [7, 11) is -0.444. The van der Waals surface area contributed by atoms with Crippen LogP contribution in [0.2, 0.25) is 0 Å². The molecule has 11 heteroatoms. The van der Waals surface area contributed by atoms with Gasteiger partial charge in [-0.25, -0.2) is 17.8 Å². The van der Waals surface area contributed by atoms with Crippen molar-refractivity contribution in [1.29, 1.82) is 0 Å². The quantitative estimate of drug-likeness (QED) is 0.297. The van der Waals surface area contributed by atoms with Crippen LogP contribution in [-0.2, 0) is 16.4 Å². The number of fused-ring (bicyclic) bond motifs is 3. The first-order chi connectivity index (χ1) is 20.2. The fourth-order valence-corrected chi connectivity index (χ4v) is 6.67. The maximum absolute atomic E-state index is 15.1. The monoisotopic (exact) mass is 591 g/mol. The summed E-state index contributed by atoms with van der Waals surface area (Å²) in [6, 6.07) is 18.8. The first kappa shape index (κ1) is 28.2. The molecular formula is C31H34FN5O4S. The molecule has 2 fully saturated rings. The molecule has 4 aromatic rings. The highest BCUT2D eigenvalue weighted by atomic mass is 32.2. The van der Waals surface area contributed by atoms with Gasteiger partial charge in [-0.15, -0.1) is 0 Å². The number of anilines is 3. The van der Waals surface area contributed by atoms with Crippen LogP contribution >= 0.6 is 0 Å². The number of nitrogens with zero attached hydrogens (tertiary/aromatic N) is 4. The number of nitrogens with one attached hydrogen (secondary N) is 1. The lowest BCUT2D eigenvalue weighted by molar-refractivity contribution is 0.194. The fourth-order valence-electron chi connectivity index (χ4n) is 6.04. The van der Waals surface area contributed by atoms with Crippen molar-refractivity contribution >= 4 is 38.2 Å². The third kappa shape index (κ3) is 5.58. The van der Waals surface area contributed by atoms with E-state index in [-0.39, 0.29) is 10.6 Å². The Bertz CT molecular complexity index is 1720. The average molecular weight is 592 g/mol. The van der Waals surface area contributed by atoms with Crippen LogP contribution in [0.3, 0.4) is 0 Å². The van der Waals surface area contributed by atoms with Crippen LogP contribution < -0.4 is 19.7 Å². The highest BCUT2D eigenvalue weighted by molar-refractivity contribution is 7.90. The molecule has 42 heavy (non-hydrogen) atoms. The average Bonchev–Trinajstić information content (AvgIpc) is 3.25. The smallest absolute Gasteiger partial charge is 0.227 e. The predicted molar refractivity (Wildman–Crippen MR) is 161 cm³/mol. The zero-order valence-corrected chi connectivity index (χ0v) is 24.7. The van der Waals surface area contributed by atoms with E-state index < -0.39 is 15.7 Å². The molecule has 0 aliphatic carbocycles. The van der Waals surface area contributed by atoms with Crippen LogP contribution in [0.4, 0.5) is 21.8 Å². The highest BCUT2D eigenvalue weighted by Crippen LogP contribution is 2.38. The van der Waals surface area contributed by atoms with E-state index in [4.69, 9.17) is 19.4 Å². The molecule has 2 aliphatic heterocycles. The van der Waals surface area contributed by atoms with Gasteiger partial charge in [-0.2, -0.15) is 4.98 Å². The summed E-state index contributed by atoms with van der Waals surface area (Å²) in [5.74, 6) is 1.24. The molecule has 0 amide bonds. The van der Waals surface area contributed by atoms with Crippen molar-refractivity contribution < 1.29 is 22.3 Å². The number of ether oxygens (including phenoxy) is 2. The summed E-state index contributed by atoms with van der Waals surface area (Å²) >= 11 is 0. The lowest BCUT2D eigenvalue weighted by Crippen LogP contribution is -2.39. The molecule has 220 valence electrons.